The van der Waals surface area contributed by atoms with E-state index in [4.69, 9.17) is 10.4 Å². The van der Waals surface area contributed by atoms with E-state index in [2.05, 4.69) is 15.9 Å². The zero-order valence-electron chi connectivity index (χ0n) is 10.2. The van der Waals surface area contributed by atoms with Gasteiger partial charge < -0.3 is 9.95 Å². The van der Waals surface area contributed by atoms with Crippen molar-refractivity contribution in [2.75, 3.05) is 10.7 Å². The van der Waals surface area contributed by atoms with Gasteiger partial charge in [-0.2, -0.15) is 0 Å². The molecule has 1 amide bonds. The van der Waals surface area contributed by atoms with Crippen LogP contribution in [-0.4, -0.2) is 11.1 Å². The molecule has 2 aromatic rings. The Balaban J connectivity index is 2.14. The first-order valence-corrected chi connectivity index (χ1v) is 5.42. The van der Waals surface area contributed by atoms with E-state index in [0.717, 1.165) is 16.9 Å². The number of nitrogens with one attached hydrogen (secondary N) is 2. The normalized spacial score (nSPS) is 10.2. The van der Waals surface area contributed by atoms with Crippen molar-refractivity contribution in [3.63, 3.8) is 0 Å². The molecule has 0 radical (unpaired) electrons. The van der Waals surface area contributed by atoms with Crippen LogP contribution in [0.25, 0.3) is 0 Å². The minimum atomic E-state index is -0.252. The summed E-state index contributed by atoms with van der Waals surface area (Å²) in [4.78, 5) is 11.9. The number of aromatic nitrogens is 1. The first-order chi connectivity index (χ1) is 8.61. The number of hydrazine groups is 1. The van der Waals surface area contributed by atoms with Crippen LogP contribution in [-0.2, 0) is 0 Å². The Labute approximate surface area is 104 Å². The monoisotopic (exact) mass is 246 g/mol. The fraction of sp³-hybridized carbons (Fsp3) is 0.167. The van der Waals surface area contributed by atoms with E-state index < -0.39 is 0 Å². The maximum Gasteiger partial charge on any atom is 0.258 e. The number of amides is 1. The zero-order valence-corrected chi connectivity index (χ0v) is 10.2. The molecule has 1 aromatic heterocycles. The summed E-state index contributed by atoms with van der Waals surface area (Å²) >= 11 is 0. The van der Waals surface area contributed by atoms with Gasteiger partial charge in [0.25, 0.3) is 5.91 Å². The molecule has 0 aliphatic carbocycles. The van der Waals surface area contributed by atoms with Gasteiger partial charge >= 0.3 is 0 Å². The first-order valence-electron chi connectivity index (χ1n) is 5.42. The predicted molar refractivity (Wildman–Crippen MR) is 68.2 cm³/mol. The fourth-order valence-corrected chi connectivity index (χ4v) is 1.43. The lowest BCUT2D eigenvalue weighted by atomic mass is 10.2. The van der Waals surface area contributed by atoms with Crippen molar-refractivity contribution in [3.8, 4) is 0 Å². The number of carbonyl (C=O) groups is 1. The molecular weight excluding hydrogens is 232 g/mol. The molecule has 0 saturated carbocycles. The number of hydrogen-bond acceptors (Lipinski definition) is 5. The number of anilines is 2. The average molecular weight is 246 g/mol. The van der Waals surface area contributed by atoms with E-state index in [9.17, 15) is 4.79 Å². The van der Waals surface area contributed by atoms with Gasteiger partial charge in [0.15, 0.2) is 0 Å². The van der Waals surface area contributed by atoms with Gasteiger partial charge in [0.2, 0.25) is 5.88 Å². The molecule has 1 heterocycles. The molecule has 0 fully saturated rings. The highest BCUT2D eigenvalue weighted by atomic mass is 16.5. The summed E-state index contributed by atoms with van der Waals surface area (Å²) in [6, 6.07) is 6.77. The van der Waals surface area contributed by atoms with Gasteiger partial charge in [0, 0.05) is 16.8 Å². The standard InChI is InChI=1S/C12H14N4O2/c1-7-8(2)16-18-12(7)14-11(17)9-3-5-10(15-13)6-4-9/h3-6,15H,13H2,1-2H3,(H,14,17). The van der Waals surface area contributed by atoms with Crippen molar-refractivity contribution in [1.82, 2.24) is 5.16 Å². The summed E-state index contributed by atoms with van der Waals surface area (Å²) in [6.45, 7) is 3.65. The highest BCUT2D eigenvalue weighted by Gasteiger charge is 2.12. The van der Waals surface area contributed by atoms with Gasteiger partial charge in [-0.25, -0.2) is 0 Å². The van der Waals surface area contributed by atoms with Crippen LogP contribution in [0.1, 0.15) is 21.6 Å². The molecule has 2 rings (SSSR count). The smallest absolute Gasteiger partial charge is 0.258 e. The molecular formula is C12H14N4O2. The number of rotatable bonds is 3. The number of nitrogen functional groups attached to an aromatic ring is 1. The largest absolute Gasteiger partial charge is 0.338 e. The lowest BCUT2D eigenvalue weighted by molar-refractivity contribution is 0.102. The highest BCUT2D eigenvalue weighted by molar-refractivity contribution is 6.04. The molecule has 6 nitrogen and oxygen atoms in total. The first kappa shape index (κ1) is 12.1. The van der Waals surface area contributed by atoms with Crippen LogP contribution in [0.5, 0.6) is 0 Å². The predicted octanol–water partition coefficient (Wildman–Crippen LogP) is 1.83. The Morgan fingerprint density at radius 1 is 1.28 bits per heavy atom. The van der Waals surface area contributed by atoms with E-state index in [1.165, 1.54) is 0 Å². The van der Waals surface area contributed by atoms with E-state index in [-0.39, 0.29) is 5.91 Å². The Kier molecular flexibility index (Phi) is 3.29. The molecule has 0 unspecified atom stereocenters. The molecule has 1 aromatic carbocycles. The van der Waals surface area contributed by atoms with Crippen LogP contribution >= 0.6 is 0 Å². The van der Waals surface area contributed by atoms with Crippen molar-refractivity contribution in [3.05, 3.63) is 41.1 Å². The van der Waals surface area contributed by atoms with E-state index >= 15 is 0 Å². The molecule has 0 atom stereocenters. The lowest BCUT2D eigenvalue weighted by Crippen LogP contribution is -2.12. The van der Waals surface area contributed by atoms with Crippen LogP contribution in [0.3, 0.4) is 0 Å². The second kappa shape index (κ2) is 4.89. The van der Waals surface area contributed by atoms with Crippen LogP contribution < -0.4 is 16.6 Å². The van der Waals surface area contributed by atoms with E-state index in [0.29, 0.717) is 11.4 Å². The SMILES string of the molecule is Cc1noc(NC(=O)c2ccc(NN)cc2)c1C. The van der Waals surface area contributed by atoms with Gasteiger partial charge in [-0.15, -0.1) is 0 Å². The second-order valence-electron chi connectivity index (χ2n) is 3.90. The van der Waals surface area contributed by atoms with Gasteiger partial charge in [0.05, 0.1) is 5.69 Å². The molecule has 0 aliphatic rings. The maximum absolute atomic E-state index is 11.9. The third kappa shape index (κ3) is 2.33. The van der Waals surface area contributed by atoms with Gasteiger partial charge in [-0.05, 0) is 38.1 Å². The van der Waals surface area contributed by atoms with Gasteiger partial charge in [0.1, 0.15) is 0 Å². The third-order valence-electron chi connectivity index (χ3n) is 2.70. The second-order valence-corrected chi connectivity index (χ2v) is 3.90. The van der Waals surface area contributed by atoms with Crippen molar-refractivity contribution >= 4 is 17.5 Å². The van der Waals surface area contributed by atoms with Crippen LogP contribution in [0.2, 0.25) is 0 Å². The summed E-state index contributed by atoms with van der Waals surface area (Å²) in [7, 11) is 0. The Morgan fingerprint density at radius 3 is 2.44 bits per heavy atom. The Morgan fingerprint density at radius 2 is 1.94 bits per heavy atom. The molecule has 18 heavy (non-hydrogen) atoms. The number of hydrogen-bond donors (Lipinski definition) is 3. The average Bonchev–Trinajstić information content (AvgIpc) is 2.71. The van der Waals surface area contributed by atoms with E-state index in [1.807, 2.05) is 13.8 Å². The number of nitrogens with two attached hydrogens (primary N) is 1. The number of aryl methyl sites for hydroxylation is 1. The highest BCUT2D eigenvalue weighted by Crippen LogP contribution is 2.18. The fourth-order valence-electron chi connectivity index (χ4n) is 1.43. The number of carbonyl (C=O) groups excluding carboxylic acids is 1. The van der Waals surface area contributed by atoms with Crippen molar-refractivity contribution in [2.24, 2.45) is 5.84 Å². The Hall–Kier alpha value is -2.34. The van der Waals surface area contributed by atoms with Crippen molar-refractivity contribution in [1.29, 1.82) is 0 Å². The van der Waals surface area contributed by atoms with Crippen molar-refractivity contribution < 1.29 is 9.32 Å². The third-order valence-corrected chi connectivity index (χ3v) is 2.70. The van der Waals surface area contributed by atoms with E-state index in [1.54, 1.807) is 24.3 Å². The van der Waals surface area contributed by atoms with Gasteiger partial charge in [-0.3, -0.25) is 16.0 Å². The number of nitrogens with zero attached hydrogens (tertiary/aromatic N) is 1. The summed E-state index contributed by atoms with van der Waals surface area (Å²) in [6.07, 6.45) is 0. The number of benzene rings is 1. The molecule has 4 N–H and O–H groups in total. The zero-order chi connectivity index (χ0) is 13.1. The van der Waals surface area contributed by atoms with Crippen LogP contribution in [0.4, 0.5) is 11.6 Å². The molecule has 6 heteroatoms. The minimum absolute atomic E-state index is 0.252. The van der Waals surface area contributed by atoms with Gasteiger partial charge in [-0.1, -0.05) is 5.16 Å². The molecule has 94 valence electrons. The van der Waals surface area contributed by atoms with Crippen LogP contribution in [0, 0.1) is 13.8 Å². The molecule has 0 bridgehead atoms. The summed E-state index contributed by atoms with van der Waals surface area (Å²) in [5, 5.41) is 6.44. The molecule has 0 saturated heterocycles. The maximum atomic E-state index is 11.9. The molecule has 0 aliphatic heterocycles. The van der Waals surface area contributed by atoms with Crippen LogP contribution in [0.15, 0.2) is 28.8 Å². The lowest BCUT2D eigenvalue weighted by Gasteiger charge is -2.04. The summed E-state index contributed by atoms with van der Waals surface area (Å²) < 4.78 is 5.02. The van der Waals surface area contributed by atoms with Crippen molar-refractivity contribution in [2.45, 2.75) is 13.8 Å². The summed E-state index contributed by atoms with van der Waals surface area (Å²) in [5.41, 5.74) is 5.33. The quantitative estimate of drug-likeness (QED) is 0.567. The summed E-state index contributed by atoms with van der Waals surface area (Å²) in [5.74, 6) is 5.37. The molecule has 0 spiro atoms. The topological polar surface area (TPSA) is 93.2 Å². The Bertz CT molecular complexity index is 560. The minimum Gasteiger partial charge on any atom is -0.338 e.